The Labute approximate surface area is 293 Å². The van der Waals surface area contributed by atoms with Crippen LogP contribution in [0.3, 0.4) is 0 Å². The molecule has 6 nitrogen and oxygen atoms in total. The van der Waals surface area contributed by atoms with Crippen molar-refractivity contribution in [3.05, 3.63) is 0 Å². The van der Waals surface area contributed by atoms with Crippen LogP contribution in [0.25, 0.3) is 0 Å². The van der Waals surface area contributed by atoms with Gasteiger partial charge in [0.25, 0.3) is 10.1 Å². The maximum Gasteiger partial charge on any atom is 0.266 e. The number of amides is 1. The molecule has 0 aromatic heterocycles. The summed E-state index contributed by atoms with van der Waals surface area (Å²) in [7, 11) is -4.30. The van der Waals surface area contributed by atoms with Crippen LogP contribution in [0.2, 0.25) is 0 Å². The molecule has 0 radical (unpaired) electrons. The molecule has 2 atom stereocenters. The highest BCUT2D eigenvalue weighted by atomic mass is 32.2. The number of unbranched alkanes of at least 4 members (excludes halogenated alkanes) is 30. The molecule has 2 unspecified atom stereocenters. The van der Waals surface area contributed by atoms with E-state index in [2.05, 4.69) is 19.2 Å². The van der Waals surface area contributed by atoms with Crippen molar-refractivity contribution >= 4 is 16.0 Å². The monoisotopic (exact) mass is 688 g/mol. The summed E-state index contributed by atoms with van der Waals surface area (Å²) in [5.41, 5.74) is 0. The number of aliphatic hydroxyl groups excluding tert-OH is 1. The molecule has 0 spiro atoms. The van der Waals surface area contributed by atoms with Gasteiger partial charge in [-0.15, -0.1) is 0 Å². The molecule has 0 fully saturated rings. The first kappa shape index (κ1) is 46.3. The summed E-state index contributed by atoms with van der Waals surface area (Å²) in [6.45, 7) is 4.53. The SMILES string of the molecule is CCCCCCCCCCCCCCCCCCC(=O)NC(CS(=O)(=O)O)C(O)CCCCCCCCCCCCCCCCCC. The highest BCUT2D eigenvalue weighted by molar-refractivity contribution is 7.85. The third-order valence-electron chi connectivity index (χ3n) is 9.81. The van der Waals surface area contributed by atoms with Crippen LogP contribution in [-0.2, 0) is 14.9 Å². The molecule has 0 saturated heterocycles. The van der Waals surface area contributed by atoms with Gasteiger partial charge in [0, 0.05) is 6.42 Å². The minimum absolute atomic E-state index is 0.241. The number of hydrogen-bond donors (Lipinski definition) is 3. The van der Waals surface area contributed by atoms with E-state index in [-0.39, 0.29) is 5.91 Å². The van der Waals surface area contributed by atoms with E-state index < -0.39 is 28.0 Å². The van der Waals surface area contributed by atoms with Crippen LogP contribution in [0.5, 0.6) is 0 Å². The normalized spacial score (nSPS) is 13.2. The Morgan fingerprint density at radius 3 is 1.06 bits per heavy atom. The number of hydrogen-bond acceptors (Lipinski definition) is 4. The van der Waals surface area contributed by atoms with Crippen molar-refractivity contribution in [3.63, 3.8) is 0 Å². The standard InChI is InChI=1S/C40H81NO5S/c1-3-5-7-9-11-13-15-17-19-21-23-25-27-29-31-33-35-39(42)38(37-47(44,45)46)41-40(43)36-34-32-30-28-26-24-22-20-18-16-14-12-10-8-6-4-2/h38-39,42H,3-37H2,1-2H3,(H,41,43)(H,44,45,46). The van der Waals surface area contributed by atoms with Gasteiger partial charge in [-0.2, -0.15) is 8.42 Å². The molecule has 0 aromatic carbocycles. The average molecular weight is 688 g/mol. The Bertz CT molecular complexity index is 760. The second-order valence-electron chi connectivity index (χ2n) is 14.6. The fourth-order valence-corrected chi connectivity index (χ4v) is 7.45. The second kappa shape index (κ2) is 35.2. The van der Waals surface area contributed by atoms with E-state index in [1.165, 1.54) is 167 Å². The molecule has 7 heteroatoms. The molecule has 0 rings (SSSR count). The van der Waals surface area contributed by atoms with Crippen LogP contribution in [0.1, 0.15) is 232 Å². The Balaban J connectivity index is 3.82. The summed E-state index contributed by atoms with van der Waals surface area (Å²) in [5.74, 6) is -0.882. The number of nitrogens with one attached hydrogen (secondary N) is 1. The number of carbonyl (C=O) groups excluding carboxylic acids is 1. The molecule has 0 aromatic rings. The summed E-state index contributed by atoms with van der Waals surface area (Å²) in [6.07, 6.45) is 40.5. The predicted octanol–water partition coefficient (Wildman–Crippen LogP) is 12.0. The van der Waals surface area contributed by atoms with Crippen molar-refractivity contribution in [2.24, 2.45) is 0 Å². The molecule has 0 aliphatic rings. The average Bonchev–Trinajstić information content (AvgIpc) is 3.03. The van der Waals surface area contributed by atoms with Gasteiger partial charge in [-0.1, -0.05) is 213 Å². The van der Waals surface area contributed by atoms with Crippen LogP contribution in [0.4, 0.5) is 0 Å². The zero-order valence-electron chi connectivity index (χ0n) is 31.4. The van der Waals surface area contributed by atoms with Crippen molar-refractivity contribution in [1.29, 1.82) is 0 Å². The molecule has 0 aliphatic heterocycles. The van der Waals surface area contributed by atoms with Crippen LogP contribution in [0.15, 0.2) is 0 Å². The Kier molecular flexibility index (Phi) is 34.7. The zero-order chi connectivity index (χ0) is 34.7. The lowest BCUT2D eigenvalue weighted by atomic mass is 10.0. The van der Waals surface area contributed by atoms with Gasteiger partial charge in [-0.3, -0.25) is 9.35 Å². The molecule has 47 heavy (non-hydrogen) atoms. The lowest BCUT2D eigenvalue weighted by Crippen LogP contribution is -2.47. The van der Waals surface area contributed by atoms with Gasteiger partial charge < -0.3 is 10.4 Å². The third kappa shape index (κ3) is 36.4. The highest BCUT2D eigenvalue weighted by Crippen LogP contribution is 2.17. The molecule has 0 saturated carbocycles. The number of aliphatic hydroxyl groups is 1. The van der Waals surface area contributed by atoms with Gasteiger partial charge >= 0.3 is 0 Å². The van der Waals surface area contributed by atoms with Gasteiger partial charge in [-0.05, 0) is 12.8 Å². The van der Waals surface area contributed by atoms with Crippen molar-refractivity contribution in [3.8, 4) is 0 Å². The molecule has 3 N–H and O–H groups in total. The molecule has 0 aliphatic carbocycles. The first-order valence-electron chi connectivity index (χ1n) is 20.7. The quantitative estimate of drug-likeness (QED) is 0.0443. The summed E-state index contributed by atoms with van der Waals surface area (Å²) < 4.78 is 32.5. The Morgan fingerprint density at radius 1 is 0.489 bits per heavy atom. The molecule has 1 amide bonds. The maximum atomic E-state index is 12.5. The van der Waals surface area contributed by atoms with Gasteiger partial charge in [0.05, 0.1) is 17.9 Å². The lowest BCUT2D eigenvalue weighted by Gasteiger charge is -2.23. The van der Waals surface area contributed by atoms with Crippen LogP contribution in [-0.4, -0.2) is 41.9 Å². The first-order chi connectivity index (χ1) is 22.8. The fourth-order valence-electron chi connectivity index (χ4n) is 6.69. The Hall–Kier alpha value is -0.660. The first-order valence-corrected chi connectivity index (χ1v) is 22.3. The van der Waals surface area contributed by atoms with Gasteiger partial charge in [0.15, 0.2) is 0 Å². The Morgan fingerprint density at radius 2 is 0.766 bits per heavy atom. The number of rotatable bonds is 38. The predicted molar refractivity (Wildman–Crippen MR) is 203 cm³/mol. The summed E-state index contributed by atoms with van der Waals surface area (Å²) in [5, 5.41) is 13.4. The van der Waals surface area contributed by atoms with E-state index in [0.717, 1.165) is 38.5 Å². The van der Waals surface area contributed by atoms with E-state index in [9.17, 15) is 22.9 Å². The molecular weight excluding hydrogens is 607 g/mol. The topological polar surface area (TPSA) is 104 Å². The van der Waals surface area contributed by atoms with Crippen molar-refractivity contribution in [1.82, 2.24) is 5.32 Å². The smallest absolute Gasteiger partial charge is 0.266 e. The minimum atomic E-state index is -4.30. The largest absolute Gasteiger partial charge is 0.391 e. The van der Waals surface area contributed by atoms with Crippen molar-refractivity contribution in [2.75, 3.05) is 5.75 Å². The van der Waals surface area contributed by atoms with Gasteiger partial charge in [0.2, 0.25) is 5.91 Å². The lowest BCUT2D eigenvalue weighted by molar-refractivity contribution is -0.122. The second-order valence-corrected chi connectivity index (χ2v) is 16.1. The summed E-state index contributed by atoms with van der Waals surface area (Å²) >= 11 is 0. The van der Waals surface area contributed by atoms with Crippen molar-refractivity contribution in [2.45, 2.75) is 244 Å². The van der Waals surface area contributed by atoms with E-state index in [1.807, 2.05) is 0 Å². The highest BCUT2D eigenvalue weighted by Gasteiger charge is 2.26. The van der Waals surface area contributed by atoms with Gasteiger partial charge in [0.1, 0.15) is 0 Å². The van der Waals surface area contributed by atoms with E-state index in [0.29, 0.717) is 12.8 Å². The number of carbonyl (C=O) groups is 1. The van der Waals surface area contributed by atoms with Crippen LogP contribution < -0.4 is 5.32 Å². The molecule has 0 heterocycles. The maximum absolute atomic E-state index is 12.5. The summed E-state index contributed by atoms with van der Waals surface area (Å²) in [6, 6.07) is -0.963. The zero-order valence-corrected chi connectivity index (χ0v) is 32.2. The fraction of sp³-hybridized carbons (Fsp3) is 0.975. The van der Waals surface area contributed by atoms with E-state index in [1.54, 1.807) is 0 Å². The van der Waals surface area contributed by atoms with E-state index in [4.69, 9.17) is 0 Å². The molecular formula is C40H81NO5S. The summed E-state index contributed by atoms with van der Waals surface area (Å²) in [4.78, 5) is 12.5. The van der Waals surface area contributed by atoms with Crippen molar-refractivity contribution < 1.29 is 22.9 Å². The minimum Gasteiger partial charge on any atom is -0.391 e. The molecule has 282 valence electrons. The molecule has 0 bridgehead atoms. The van der Waals surface area contributed by atoms with Crippen LogP contribution in [0, 0.1) is 0 Å². The van der Waals surface area contributed by atoms with E-state index >= 15 is 0 Å². The third-order valence-corrected chi connectivity index (χ3v) is 10.6. The van der Waals surface area contributed by atoms with Crippen LogP contribution >= 0.6 is 0 Å². The van der Waals surface area contributed by atoms with Gasteiger partial charge in [-0.25, -0.2) is 0 Å².